The molecule has 0 heterocycles. The Morgan fingerprint density at radius 1 is 0.750 bits per heavy atom. The van der Waals surface area contributed by atoms with Crippen LogP contribution in [-0.4, -0.2) is 5.11 Å². The van der Waals surface area contributed by atoms with Gasteiger partial charge >= 0.3 is 0 Å². The van der Waals surface area contributed by atoms with Crippen LogP contribution in [0.4, 0.5) is 0 Å². The number of hydrogen-bond acceptors (Lipinski definition) is 1. The van der Waals surface area contributed by atoms with Gasteiger partial charge in [-0.05, 0) is 53.9 Å². The summed E-state index contributed by atoms with van der Waals surface area (Å²) in [4.78, 5) is 0. The van der Waals surface area contributed by atoms with Gasteiger partial charge in [0.1, 0.15) is 0 Å². The molecule has 1 N–H and O–H groups in total. The second-order valence-electron chi connectivity index (χ2n) is 5.90. The van der Waals surface area contributed by atoms with Gasteiger partial charge in [-0.1, -0.05) is 83.1 Å². The van der Waals surface area contributed by atoms with Crippen molar-refractivity contribution in [1.82, 2.24) is 0 Å². The molecule has 132 valence electrons. The maximum Gasteiger partial charge on any atom is 0.0798 e. The first-order valence-electron chi connectivity index (χ1n) is 9.59. The zero-order chi connectivity index (χ0) is 17.9. The van der Waals surface area contributed by atoms with Crippen LogP contribution in [0.1, 0.15) is 81.7 Å². The normalized spacial score (nSPS) is 19.4. The highest BCUT2D eigenvalue weighted by Crippen LogP contribution is 2.39. The Kier molecular flexibility index (Phi) is 9.41. The summed E-state index contributed by atoms with van der Waals surface area (Å²) < 4.78 is 0. The van der Waals surface area contributed by atoms with Gasteiger partial charge in [0.15, 0.2) is 0 Å². The maximum atomic E-state index is 9.55. The molecule has 0 radical (unpaired) electrons. The van der Waals surface area contributed by atoms with E-state index in [4.69, 9.17) is 0 Å². The summed E-state index contributed by atoms with van der Waals surface area (Å²) >= 11 is 0. The summed E-state index contributed by atoms with van der Waals surface area (Å²) in [5, 5.41) is 9.55. The van der Waals surface area contributed by atoms with Crippen LogP contribution in [-0.2, 0) is 12.8 Å². The van der Waals surface area contributed by atoms with E-state index >= 15 is 0 Å². The van der Waals surface area contributed by atoms with E-state index < -0.39 is 0 Å². The second-order valence-corrected chi connectivity index (χ2v) is 5.90. The Morgan fingerprint density at radius 2 is 1.21 bits per heavy atom. The Labute approximate surface area is 148 Å². The SMILES string of the molecule is CC.CC.CC1CC(O)c2ccccc21.c1ccc2c(c1)CCC2. The van der Waals surface area contributed by atoms with Crippen molar-refractivity contribution in [2.75, 3.05) is 0 Å². The lowest BCUT2D eigenvalue weighted by molar-refractivity contribution is 0.174. The van der Waals surface area contributed by atoms with Gasteiger partial charge in [-0.15, -0.1) is 0 Å². The molecular weight excluding hydrogens is 292 g/mol. The monoisotopic (exact) mass is 326 g/mol. The molecule has 2 unspecified atom stereocenters. The number of benzene rings is 2. The molecule has 0 saturated heterocycles. The van der Waals surface area contributed by atoms with Gasteiger partial charge in [-0.2, -0.15) is 0 Å². The zero-order valence-electron chi connectivity index (χ0n) is 16.0. The van der Waals surface area contributed by atoms with Gasteiger partial charge in [0.25, 0.3) is 0 Å². The molecule has 1 heteroatoms. The molecule has 1 nitrogen and oxygen atoms in total. The van der Waals surface area contributed by atoms with Gasteiger partial charge in [-0.25, -0.2) is 0 Å². The molecule has 0 aromatic heterocycles. The molecule has 2 aliphatic rings. The predicted molar refractivity (Wildman–Crippen MR) is 106 cm³/mol. The maximum absolute atomic E-state index is 9.55. The van der Waals surface area contributed by atoms with Crippen molar-refractivity contribution in [2.45, 2.75) is 72.3 Å². The highest BCUT2D eigenvalue weighted by atomic mass is 16.3. The molecule has 0 saturated carbocycles. The zero-order valence-corrected chi connectivity index (χ0v) is 16.0. The Balaban J connectivity index is 0.000000202. The molecule has 0 aliphatic heterocycles. The molecule has 2 atom stereocenters. The van der Waals surface area contributed by atoms with Crippen LogP contribution in [0.25, 0.3) is 0 Å². The minimum Gasteiger partial charge on any atom is -0.388 e. The fourth-order valence-electron chi connectivity index (χ4n) is 3.37. The third kappa shape index (κ3) is 5.21. The summed E-state index contributed by atoms with van der Waals surface area (Å²) in [6, 6.07) is 16.9. The fraction of sp³-hybridized carbons (Fsp3) is 0.478. The lowest BCUT2D eigenvalue weighted by Gasteiger charge is -2.01. The Morgan fingerprint density at radius 3 is 1.71 bits per heavy atom. The summed E-state index contributed by atoms with van der Waals surface area (Å²) in [7, 11) is 0. The van der Waals surface area contributed by atoms with E-state index in [-0.39, 0.29) is 6.10 Å². The van der Waals surface area contributed by atoms with Crippen LogP contribution in [0.3, 0.4) is 0 Å². The van der Waals surface area contributed by atoms with Gasteiger partial charge in [0, 0.05) is 0 Å². The van der Waals surface area contributed by atoms with E-state index in [1.165, 1.54) is 24.8 Å². The number of aliphatic hydroxyl groups is 1. The Hall–Kier alpha value is -1.60. The first-order chi connectivity index (χ1) is 11.8. The molecule has 4 rings (SSSR count). The van der Waals surface area contributed by atoms with Crippen LogP contribution in [0.5, 0.6) is 0 Å². The molecule has 0 bridgehead atoms. The van der Waals surface area contributed by atoms with Gasteiger partial charge in [0.05, 0.1) is 6.10 Å². The van der Waals surface area contributed by atoms with Crippen LogP contribution < -0.4 is 0 Å². The van der Waals surface area contributed by atoms with Crippen molar-refractivity contribution in [3.8, 4) is 0 Å². The smallest absolute Gasteiger partial charge is 0.0798 e. The third-order valence-corrected chi connectivity index (χ3v) is 4.47. The predicted octanol–water partition coefficient (Wildman–Crippen LogP) is 6.45. The summed E-state index contributed by atoms with van der Waals surface area (Å²) in [5.74, 6) is 0.529. The fourth-order valence-corrected chi connectivity index (χ4v) is 3.37. The minimum absolute atomic E-state index is 0.221. The number of aryl methyl sites for hydroxylation is 2. The van der Waals surface area contributed by atoms with Crippen LogP contribution in [0.15, 0.2) is 48.5 Å². The first kappa shape index (κ1) is 20.4. The standard InChI is InChI=1S/C10H12O.C9H10.2C2H6/c1-7-6-10(11)9-5-3-2-4-8(7)9;1-2-5-9-7-3-6-8(9)4-1;2*1-2/h2-5,7,10-11H,6H2,1H3;1-2,4-5H,3,6-7H2;2*1-2H3. The van der Waals surface area contributed by atoms with Gasteiger partial charge in [0.2, 0.25) is 0 Å². The summed E-state index contributed by atoms with van der Waals surface area (Å²) in [5.41, 5.74) is 5.58. The lowest BCUT2D eigenvalue weighted by Crippen LogP contribution is -1.88. The summed E-state index contributed by atoms with van der Waals surface area (Å²) in [6.07, 6.45) is 4.63. The van der Waals surface area contributed by atoms with Crippen LogP contribution in [0, 0.1) is 0 Å². The average Bonchev–Trinajstić information content (AvgIpc) is 3.24. The average molecular weight is 327 g/mol. The van der Waals surface area contributed by atoms with Crippen molar-refractivity contribution in [2.24, 2.45) is 0 Å². The van der Waals surface area contributed by atoms with Gasteiger partial charge in [-0.3, -0.25) is 0 Å². The van der Waals surface area contributed by atoms with E-state index in [1.807, 2.05) is 45.9 Å². The highest BCUT2D eigenvalue weighted by molar-refractivity contribution is 5.36. The Bertz CT molecular complexity index is 538. The molecule has 24 heavy (non-hydrogen) atoms. The molecule has 0 spiro atoms. The van der Waals surface area contributed by atoms with Crippen molar-refractivity contribution in [1.29, 1.82) is 0 Å². The molecular formula is C23H34O. The third-order valence-electron chi connectivity index (χ3n) is 4.47. The van der Waals surface area contributed by atoms with E-state index in [9.17, 15) is 5.11 Å². The van der Waals surface area contributed by atoms with E-state index in [1.54, 1.807) is 11.1 Å². The van der Waals surface area contributed by atoms with Crippen molar-refractivity contribution >= 4 is 0 Å². The lowest BCUT2D eigenvalue weighted by atomic mass is 10.0. The molecule has 0 fully saturated rings. The largest absolute Gasteiger partial charge is 0.388 e. The van der Waals surface area contributed by atoms with Crippen LogP contribution in [0.2, 0.25) is 0 Å². The van der Waals surface area contributed by atoms with E-state index in [2.05, 4.69) is 37.3 Å². The van der Waals surface area contributed by atoms with E-state index in [0.29, 0.717) is 5.92 Å². The molecule has 2 aromatic carbocycles. The highest BCUT2D eigenvalue weighted by Gasteiger charge is 2.25. The van der Waals surface area contributed by atoms with E-state index in [0.717, 1.165) is 12.0 Å². The van der Waals surface area contributed by atoms with Crippen LogP contribution >= 0.6 is 0 Å². The first-order valence-corrected chi connectivity index (χ1v) is 9.59. The topological polar surface area (TPSA) is 20.2 Å². The molecule has 2 aliphatic carbocycles. The molecule has 2 aromatic rings. The number of fused-ring (bicyclic) bond motifs is 2. The number of rotatable bonds is 0. The summed E-state index contributed by atoms with van der Waals surface area (Å²) in [6.45, 7) is 10.2. The minimum atomic E-state index is -0.221. The van der Waals surface area contributed by atoms with Gasteiger partial charge < -0.3 is 5.11 Å². The van der Waals surface area contributed by atoms with Crippen molar-refractivity contribution < 1.29 is 5.11 Å². The quantitative estimate of drug-likeness (QED) is 0.589. The number of aliphatic hydroxyl groups excluding tert-OH is 1. The second kappa shape index (κ2) is 11.0. The van der Waals surface area contributed by atoms with Crippen molar-refractivity contribution in [3.63, 3.8) is 0 Å². The van der Waals surface area contributed by atoms with Crippen molar-refractivity contribution in [3.05, 3.63) is 70.8 Å². The number of hydrogen-bond donors (Lipinski definition) is 1. The molecule has 0 amide bonds.